The summed E-state index contributed by atoms with van der Waals surface area (Å²) in [6, 6.07) is 9.49. The zero-order valence-electron chi connectivity index (χ0n) is 16.1. The van der Waals surface area contributed by atoms with E-state index in [1.807, 2.05) is 51.1 Å². The van der Waals surface area contributed by atoms with Crippen LogP contribution in [-0.4, -0.2) is 32.9 Å². The summed E-state index contributed by atoms with van der Waals surface area (Å²) in [4.78, 5) is 26.7. The van der Waals surface area contributed by atoms with Gasteiger partial charge in [0.1, 0.15) is 5.57 Å². The Morgan fingerprint density at radius 2 is 1.86 bits per heavy atom. The van der Waals surface area contributed by atoms with Crippen molar-refractivity contribution in [1.29, 1.82) is 0 Å². The highest BCUT2D eigenvalue weighted by Crippen LogP contribution is 2.25. The average Bonchev–Trinajstić information content (AvgIpc) is 2.93. The van der Waals surface area contributed by atoms with Gasteiger partial charge in [-0.15, -0.1) is 0 Å². The third kappa shape index (κ3) is 3.88. The van der Waals surface area contributed by atoms with Crippen molar-refractivity contribution in [2.75, 3.05) is 6.54 Å². The van der Waals surface area contributed by atoms with E-state index in [1.165, 1.54) is 4.90 Å². The van der Waals surface area contributed by atoms with E-state index in [4.69, 9.17) is 23.8 Å². The highest BCUT2D eigenvalue weighted by atomic mass is 35.5. The Bertz CT molecular complexity index is 976. The monoisotopic (exact) mass is 415 g/mol. The van der Waals surface area contributed by atoms with Crippen LogP contribution in [0.4, 0.5) is 0 Å². The number of amides is 2. The molecule has 1 aliphatic rings. The highest BCUT2D eigenvalue weighted by molar-refractivity contribution is 7.80. The topological polar surface area (TPSA) is 54.3 Å². The third-order valence-electron chi connectivity index (χ3n) is 4.78. The Balaban J connectivity index is 1.99. The molecule has 2 aromatic rings. The molecule has 0 saturated carbocycles. The maximum Gasteiger partial charge on any atom is 0.265 e. The molecule has 0 bridgehead atoms. The van der Waals surface area contributed by atoms with Crippen LogP contribution in [0.3, 0.4) is 0 Å². The summed E-state index contributed by atoms with van der Waals surface area (Å²) in [6.45, 7) is 6.47. The van der Waals surface area contributed by atoms with E-state index in [0.717, 1.165) is 35.5 Å². The van der Waals surface area contributed by atoms with E-state index < -0.39 is 5.91 Å². The van der Waals surface area contributed by atoms with Gasteiger partial charge in [0.25, 0.3) is 11.8 Å². The quantitative estimate of drug-likeness (QED) is 0.453. The Morgan fingerprint density at radius 3 is 2.50 bits per heavy atom. The van der Waals surface area contributed by atoms with Crippen LogP contribution in [0.15, 0.2) is 35.9 Å². The van der Waals surface area contributed by atoms with Crippen molar-refractivity contribution < 1.29 is 9.59 Å². The minimum absolute atomic E-state index is 0.0982. The second kappa shape index (κ2) is 8.29. The van der Waals surface area contributed by atoms with Crippen LogP contribution >= 0.6 is 23.8 Å². The van der Waals surface area contributed by atoms with Gasteiger partial charge in [0.15, 0.2) is 5.11 Å². The first kappa shape index (κ1) is 20.3. The highest BCUT2D eigenvalue weighted by Gasteiger charge is 2.33. The smallest absolute Gasteiger partial charge is 0.265 e. The molecular formula is C21H22ClN3O2S. The normalized spacial score (nSPS) is 16.1. The zero-order chi connectivity index (χ0) is 20.4. The third-order valence-corrected chi connectivity index (χ3v) is 5.35. The van der Waals surface area contributed by atoms with Gasteiger partial charge in [0.05, 0.1) is 0 Å². The molecule has 1 aromatic heterocycles. The largest absolute Gasteiger partial charge is 0.318 e. The minimum Gasteiger partial charge on any atom is -0.318 e. The minimum atomic E-state index is -0.459. The van der Waals surface area contributed by atoms with Crippen LogP contribution in [-0.2, 0) is 9.59 Å². The van der Waals surface area contributed by atoms with Gasteiger partial charge in [-0.05, 0) is 74.5 Å². The van der Waals surface area contributed by atoms with E-state index in [0.29, 0.717) is 11.6 Å². The van der Waals surface area contributed by atoms with E-state index in [9.17, 15) is 9.59 Å². The molecule has 1 fully saturated rings. The molecule has 3 rings (SSSR count). The fraction of sp³-hybridized carbons (Fsp3) is 0.286. The summed E-state index contributed by atoms with van der Waals surface area (Å²) >= 11 is 11.2. The molecule has 1 N–H and O–H groups in total. The number of thiocarbonyl (C=S) groups is 1. The fourth-order valence-electron chi connectivity index (χ4n) is 3.29. The van der Waals surface area contributed by atoms with E-state index in [2.05, 4.69) is 9.88 Å². The number of aromatic nitrogens is 1. The van der Waals surface area contributed by atoms with Crippen LogP contribution in [0, 0.1) is 13.8 Å². The SMILES string of the molecule is CCCCN1C(=O)/C(=C\c2cc(C)n(-c3ccc(Cl)cc3)c2C)C(=O)NC1=S. The van der Waals surface area contributed by atoms with E-state index >= 15 is 0 Å². The summed E-state index contributed by atoms with van der Waals surface area (Å²) < 4.78 is 2.06. The predicted octanol–water partition coefficient (Wildman–Crippen LogP) is 4.17. The van der Waals surface area contributed by atoms with Crippen LogP contribution in [0.2, 0.25) is 5.02 Å². The lowest BCUT2D eigenvalue weighted by Gasteiger charge is -2.28. The van der Waals surface area contributed by atoms with Gasteiger partial charge in [0, 0.05) is 28.6 Å². The number of hydrogen-bond acceptors (Lipinski definition) is 3. The molecule has 1 aliphatic heterocycles. The maximum atomic E-state index is 12.9. The van der Waals surface area contributed by atoms with Crippen molar-refractivity contribution in [3.8, 4) is 5.69 Å². The number of carbonyl (C=O) groups is 2. The molecule has 0 aliphatic carbocycles. The summed E-state index contributed by atoms with van der Waals surface area (Å²) in [5, 5.41) is 3.47. The first-order chi connectivity index (χ1) is 13.3. The van der Waals surface area contributed by atoms with Crippen molar-refractivity contribution in [2.45, 2.75) is 33.6 Å². The second-order valence-corrected chi connectivity index (χ2v) is 7.59. The van der Waals surface area contributed by atoms with Crippen molar-refractivity contribution in [3.05, 3.63) is 57.9 Å². The maximum absolute atomic E-state index is 12.9. The molecule has 0 radical (unpaired) electrons. The summed E-state index contributed by atoms with van der Waals surface area (Å²) in [6.07, 6.45) is 3.40. The Morgan fingerprint density at radius 1 is 1.18 bits per heavy atom. The van der Waals surface area contributed by atoms with Crippen molar-refractivity contribution >= 4 is 46.8 Å². The molecule has 0 unspecified atom stereocenters. The van der Waals surface area contributed by atoms with Crippen molar-refractivity contribution in [3.63, 3.8) is 0 Å². The van der Waals surface area contributed by atoms with Crippen LogP contribution in [0.1, 0.15) is 36.7 Å². The Labute approximate surface area is 175 Å². The zero-order valence-corrected chi connectivity index (χ0v) is 17.7. The van der Waals surface area contributed by atoms with Gasteiger partial charge >= 0.3 is 0 Å². The predicted molar refractivity (Wildman–Crippen MR) is 116 cm³/mol. The number of halogens is 1. The number of carbonyl (C=O) groups excluding carboxylic acids is 2. The number of rotatable bonds is 5. The number of nitrogens with zero attached hydrogens (tertiary/aromatic N) is 2. The average molecular weight is 416 g/mol. The molecule has 1 aromatic carbocycles. The summed E-state index contributed by atoms with van der Waals surface area (Å²) in [7, 11) is 0. The Hall–Kier alpha value is -2.44. The number of aryl methyl sites for hydroxylation is 1. The number of hydrogen-bond donors (Lipinski definition) is 1. The van der Waals surface area contributed by atoms with E-state index in [1.54, 1.807) is 6.08 Å². The van der Waals surface area contributed by atoms with Gasteiger partial charge in [-0.25, -0.2) is 0 Å². The van der Waals surface area contributed by atoms with Gasteiger partial charge in [-0.2, -0.15) is 0 Å². The molecule has 2 heterocycles. The number of unbranched alkanes of at least 4 members (excludes halogenated alkanes) is 1. The number of benzene rings is 1. The summed E-state index contributed by atoms with van der Waals surface area (Å²) in [5.74, 6) is -0.808. The molecular weight excluding hydrogens is 394 g/mol. The Kier molecular flexibility index (Phi) is 6.01. The molecule has 2 amide bonds. The number of nitrogens with one attached hydrogen (secondary N) is 1. The van der Waals surface area contributed by atoms with Crippen molar-refractivity contribution in [2.24, 2.45) is 0 Å². The standard InChI is InChI=1S/C21H22ClN3O2S/c1-4-5-10-24-20(27)18(19(26)23-21(24)28)12-15-11-13(2)25(14(15)3)17-8-6-16(22)7-9-17/h6-9,11-12H,4-5,10H2,1-3H3,(H,23,26,28)/b18-12-. The molecule has 0 atom stereocenters. The lowest BCUT2D eigenvalue weighted by atomic mass is 10.1. The van der Waals surface area contributed by atoms with Gasteiger partial charge in [0.2, 0.25) is 0 Å². The van der Waals surface area contributed by atoms with Gasteiger partial charge in [-0.1, -0.05) is 24.9 Å². The second-order valence-electron chi connectivity index (χ2n) is 6.77. The summed E-state index contributed by atoms with van der Waals surface area (Å²) in [5.41, 5.74) is 3.80. The molecule has 7 heteroatoms. The first-order valence-electron chi connectivity index (χ1n) is 9.17. The molecule has 1 saturated heterocycles. The molecule has 0 spiro atoms. The molecule has 5 nitrogen and oxygen atoms in total. The van der Waals surface area contributed by atoms with Crippen molar-refractivity contribution in [1.82, 2.24) is 14.8 Å². The van der Waals surface area contributed by atoms with E-state index in [-0.39, 0.29) is 16.6 Å². The lowest BCUT2D eigenvalue weighted by Crippen LogP contribution is -2.54. The lowest BCUT2D eigenvalue weighted by molar-refractivity contribution is -0.128. The van der Waals surface area contributed by atoms with Crippen LogP contribution in [0.5, 0.6) is 0 Å². The van der Waals surface area contributed by atoms with Crippen LogP contribution in [0.25, 0.3) is 11.8 Å². The van der Waals surface area contributed by atoms with Crippen LogP contribution < -0.4 is 5.32 Å². The molecule has 28 heavy (non-hydrogen) atoms. The fourth-order valence-corrected chi connectivity index (χ4v) is 3.68. The van der Waals surface area contributed by atoms with Gasteiger partial charge in [-0.3, -0.25) is 19.8 Å². The van der Waals surface area contributed by atoms with Gasteiger partial charge < -0.3 is 4.57 Å². The first-order valence-corrected chi connectivity index (χ1v) is 9.96. The molecule has 146 valence electrons.